The molecule has 1 aromatic heterocycles. The summed E-state index contributed by atoms with van der Waals surface area (Å²) in [4.78, 5) is 14.6. The molecule has 2 heterocycles. The summed E-state index contributed by atoms with van der Waals surface area (Å²) >= 11 is 0. The Hall–Kier alpha value is -1.36. The molecule has 1 saturated heterocycles. The standard InChI is InChI=1S/C15H26N4O/c1-12(2)19-11-14(10-16-19)17-15(20)13(3)18-8-6-4-5-7-9-18/h10-13H,4-9H2,1-3H3,(H,17,20). The van der Waals surface area contributed by atoms with E-state index < -0.39 is 0 Å². The maximum absolute atomic E-state index is 12.3. The predicted molar refractivity (Wildman–Crippen MR) is 80.7 cm³/mol. The maximum atomic E-state index is 12.3. The summed E-state index contributed by atoms with van der Waals surface area (Å²) < 4.78 is 1.85. The van der Waals surface area contributed by atoms with Gasteiger partial charge in [0.1, 0.15) is 0 Å². The lowest BCUT2D eigenvalue weighted by molar-refractivity contribution is -0.120. The highest BCUT2D eigenvalue weighted by molar-refractivity contribution is 5.94. The molecule has 5 heteroatoms. The number of carbonyl (C=O) groups is 1. The predicted octanol–water partition coefficient (Wildman–Crippen LogP) is 2.67. The van der Waals surface area contributed by atoms with E-state index in [4.69, 9.17) is 0 Å². The summed E-state index contributed by atoms with van der Waals surface area (Å²) in [5.74, 6) is 0.0650. The fraction of sp³-hybridized carbons (Fsp3) is 0.733. The van der Waals surface area contributed by atoms with Crippen LogP contribution < -0.4 is 5.32 Å². The Labute approximate surface area is 121 Å². The number of nitrogens with zero attached hydrogens (tertiary/aromatic N) is 3. The molecule has 20 heavy (non-hydrogen) atoms. The van der Waals surface area contributed by atoms with E-state index in [0.717, 1.165) is 18.8 Å². The van der Waals surface area contributed by atoms with Gasteiger partial charge in [0.15, 0.2) is 0 Å². The number of hydrogen-bond donors (Lipinski definition) is 1. The normalized spacial score (nSPS) is 18.8. The Morgan fingerprint density at radius 2 is 1.85 bits per heavy atom. The number of hydrogen-bond acceptors (Lipinski definition) is 3. The van der Waals surface area contributed by atoms with E-state index in [2.05, 4.69) is 29.2 Å². The third kappa shape index (κ3) is 3.82. The first-order valence-electron chi connectivity index (χ1n) is 7.67. The quantitative estimate of drug-likeness (QED) is 0.921. The van der Waals surface area contributed by atoms with Gasteiger partial charge in [0.2, 0.25) is 5.91 Å². The van der Waals surface area contributed by atoms with E-state index in [0.29, 0.717) is 6.04 Å². The van der Waals surface area contributed by atoms with Crippen molar-refractivity contribution in [3.63, 3.8) is 0 Å². The summed E-state index contributed by atoms with van der Waals surface area (Å²) in [6, 6.07) is 0.235. The summed E-state index contributed by atoms with van der Waals surface area (Å²) in [6.07, 6.45) is 8.56. The minimum Gasteiger partial charge on any atom is -0.322 e. The Morgan fingerprint density at radius 1 is 1.20 bits per heavy atom. The van der Waals surface area contributed by atoms with Crippen molar-refractivity contribution < 1.29 is 4.79 Å². The van der Waals surface area contributed by atoms with Crippen molar-refractivity contribution in [3.05, 3.63) is 12.4 Å². The molecule has 1 fully saturated rings. The van der Waals surface area contributed by atoms with E-state index in [9.17, 15) is 4.79 Å². The van der Waals surface area contributed by atoms with Gasteiger partial charge in [-0.3, -0.25) is 14.4 Å². The van der Waals surface area contributed by atoms with E-state index in [1.165, 1.54) is 25.7 Å². The first-order chi connectivity index (χ1) is 9.58. The van der Waals surface area contributed by atoms with Crippen LogP contribution in [0.3, 0.4) is 0 Å². The maximum Gasteiger partial charge on any atom is 0.241 e. The highest BCUT2D eigenvalue weighted by atomic mass is 16.2. The molecule has 0 bridgehead atoms. The highest BCUT2D eigenvalue weighted by Crippen LogP contribution is 2.15. The molecule has 0 aromatic carbocycles. The second kappa shape index (κ2) is 6.88. The van der Waals surface area contributed by atoms with Crippen LogP contribution in [0.1, 0.15) is 52.5 Å². The molecule has 1 unspecified atom stereocenters. The van der Waals surface area contributed by atoms with Gasteiger partial charge in [-0.15, -0.1) is 0 Å². The molecule has 0 aliphatic carbocycles. The third-order valence-electron chi connectivity index (χ3n) is 3.97. The lowest BCUT2D eigenvalue weighted by atomic mass is 10.2. The second-order valence-corrected chi connectivity index (χ2v) is 5.92. The lowest BCUT2D eigenvalue weighted by Gasteiger charge is -2.26. The van der Waals surface area contributed by atoms with Crippen LogP contribution >= 0.6 is 0 Å². The Kier molecular flexibility index (Phi) is 5.17. The van der Waals surface area contributed by atoms with Crippen LogP contribution in [-0.2, 0) is 4.79 Å². The summed E-state index contributed by atoms with van der Waals surface area (Å²) in [6.45, 7) is 8.18. The zero-order chi connectivity index (χ0) is 14.5. The van der Waals surface area contributed by atoms with Gasteiger partial charge in [-0.05, 0) is 46.7 Å². The van der Waals surface area contributed by atoms with Crippen LogP contribution in [0.15, 0.2) is 12.4 Å². The Balaban J connectivity index is 1.92. The van der Waals surface area contributed by atoms with Gasteiger partial charge in [0.25, 0.3) is 0 Å². The van der Waals surface area contributed by atoms with E-state index >= 15 is 0 Å². The number of aromatic nitrogens is 2. The smallest absolute Gasteiger partial charge is 0.241 e. The zero-order valence-electron chi connectivity index (χ0n) is 12.8. The second-order valence-electron chi connectivity index (χ2n) is 5.92. The van der Waals surface area contributed by atoms with Gasteiger partial charge in [-0.1, -0.05) is 12.8 Å². The molecule has 0 saturated carbocycles. The molecular formula is C15H26N4O. The molecule has 2 rings (SSSR count). The number of anilines is 1. The van der Waals surface area contributed by atoms with Crippen LogP contribution in [-0.4, -0.2) is 39.7 Å². The molecule has 5 nitrogen and oxygen atoms in total. The van der Waals surface area contributed by atoms with Crippen molar-refractivity contribution in [1.82, 2.24) is 14.7 Å². The minimum atomic E-state index is -0.0736. The number of likely N-dealkylation sites (tertiary alicyclic amines) is 1. The largest absolute Gasteiger partial charge is 0.322 e. The lowest BCUT2D eigenvalue weighted by Crippen LogP contribution is -2.42. The fourth-order valence-corrected chi connectivity index (χ4v) is 2.58. The molecule has 0 spiro atoms. The number of carbonyl (C=O) groups excluding carboxylic acids is 1. The van der Waals surface area contributed by atoms with Gasteiger partial charge >= 0.3 is 0 Å². The monoisotopic (exact) mass is 278 g/mol. The van der Waals surface area contributed by atoms with Gasteiger partial charge in [0.05, 0.1) is 17.9 Å². The molecule has 1 amide bonds. The van der Waals surface area contributed by atoms with Gasteiger partial charge in [-0.25, -0.2) is 0 Å². The molecule has 1 aromatic rings. The third-order valence-corrected chi connectivity index (χ3v) is 3.97. The molecule has 1 atom stereocenters. The molecule has 112 valence electrons. The summed E-state index contributed by atoms with van der Waals surface area (Å²) in [7, 11) is 0. The van der Waals surface area contributed by atoms with Crippen molar-refractivity contribution in [2.24, 2.45) is 0 Å². The van der Waals surface area contributed by atoms with Crippen LogP contribution in [0.5, 0.6) is 0 Å². The van der Waals surface area contributed by atoms with Crippen LogP contribution in [0.4, 0.5) is 5.69 Å². The Morgan fingerprint density at radius 3 is 2.40 bits per heavy atom. The first-order valence-corrected chi connectivity index (χ1v) is 7.67. The highest BCUT2D eigenvalue weighted by Gasteiger charge is 2.22. The average Bonchev–Trinajstić information content (AvgIpc) is 2.72. The fourth-order valence-electron chi connectivity index (χ4n) is 2.58. The number of amides is 1. The molecule has 0 radical (unpaired) electrons. The summed E-state index contributed by atoms with van der Waals surface area (Å²) in [5.41, 5.74) is 0.783. The van der Waals surface area contributed by atoms with E-state index in [-0.39, 0.29) is 11.9 Å². The molecule has 1 N–H and O–H groups in total. The van der Waals surface area contributed by atoms with Gasteiger partial charge < -0.3 is 5.32 Å². The average molecular weight is 278 g/mol. The van der Waals surface area contributed by atoms with Crippen molar-refractivity contribution in [3.8, 4) is 0 Å². The molecule has 1 aliphatic heterocycles. The zero-order valence-corrected chi connectivity index (χ0v) is 12.8. The molecular weight excluding hydrogens is 252 g/mol. The van der Waals surface area contributed by atoms with Crippen LogP contribution in [0.2, 0.25) is 0 Å². The van der Waals surface area contributed by atoms with Crippen molar-refractivity contribution >= 4 is 11.6 Å². The van der Waals surface area contributed by atoms with Crippen LogP contribution in [0.25, 0.3) is 0 Å². The minimum absolute atomic E-state index is 0.0650. The van der Waals surface area contributed by atoms with Crippen molar-refractivity contribution in [2.75, 3.05) is 18.4 Å². The van der Waals surface area contributed by atoms with E-state index in [1.54, 1.807) is 6.20 Å². The Bertz CT molecular complexity index is 433. The van der Waals surface area contributed by atoms with Crippen molar-refractivity contribution in [2.45, 2.75) is 58.5 Å². The van der Waals surface area contributed by atoms with E-state index in [1.807, 2.05) is 17.8 Å². The SMILES string of the molecule is CC(C(=O)Nc1cnn(C(C)C)c1)N1CCCCCC1. The topological polar surface area (TPSA) is 50.2 Å². The van der Waals surface area contributed by atoms with Crippen LogP contribution in [0, 0.1) is 0 Å². The number of nitrogens with one attached hydrogen (secondary N) is 1. The van der Waals surface area contributed by atoms with Gasteiger partial charge in [0, 0.05) is 12.2 Å². The molecule has 1 aliphatic rings. The van der Waals surface area contributed by atoms with Gasteiger partial charge in [-0.2, -0.15) is 5.10 Å². The van der Waals surface area contributed by atoms with Crippen molar-refractivity contribution in [1.29, 1.82) is 0 Å². The number of rotatable bonds is 4. The summed E-state index contributed by atoms with van der Waals surface area (Å²) in [5, 5.41) is 7.21. The first kappa shape index (κ1) is 15.0.